The topological polar surface area (TPSA) is 75.7 Å². The minimum atomic E-state index is -3.66. The van der Waals surface area contributed by atoms with Crippen LogP contribution in [0.2, 0.25) is 0 Å². The fraction of sp³-hybridized carbons (Fsp3) is 0.458. The highest BCUT2D eigenvalue weighted by Gasteiger charge is 2.32. The summed E-state index contributed by atoms with van der Waals surface area (Å²) >= 11 is 0. The van der Waals surface area contributed by atoms with Crippen LogP contribution in [0.5, 0.6) is 5.75 Å². The van der Waals surface area contributed by atoms with Crippen molar-refractivity contribution < 1.29 is 17.9 Å². The number of aryl methyl sites for hydroxylation is 1. The van der Waals surface area contributed by atoms with Gasteiger partial charge in [0.25, 0.3) is 0 Å². The molecule has 0 unspecified atom stereocenters. The molecule has 2 atom stereocenters. The van der Waals surface area contributed by atoms with Crippen molar-refractivity contribution in [2.45, 2.75) is 52.6 Å². The smallest absolute Gasteiger partial charge is 0.244 e. The molecule has 0 spiro atoms. The van der Waals surface area contributed by atoms with E-state index in [9.17, 15) is 13.2 Å². The first-order chi connectivity index (χ1) is 14.6. The molecule has 0 radical (unpaired) electrons. The predicted octanol–water partition coefficient (Wildman–Crippen LogP) is 4.45. The fourth-order valence-corrected chi connectivity index (χ4v) is 4.82. The molecule has 1 amide bonds. The van der Waals surface area contributed by atoms with E-state index in [-0.39, 0.29) is 11.9 Å². The van der Waals surface area contributed by atoms with Crippen LogP contribution in [0.3, 0.4) is 0 Å². The number of nitrogens with one attached hydrogen (secondary N) is 1. The van der Waals surface area contributed by atoms with Gasteiger partial charge in [0.1, 0.15) is 11.8 Å². The maximum atomic E-state index is 13.3. The van der Waals surface area contributed by atoms with Crippen molar-refractivity contribution in [3.63, 3.8) is 0 Å². The number of sulfonamides is 1. The highest BCUT2D eigenvalue weighted by Crippen LogP contribution is 2.26. The summed E-state index contributed by atoms with van der Waals surface area (Å²) in [7, 11) is -2.05. The summed E-state index contributed by atoms with van der Waals surface area (Å²) in [5.41, 5.74) is 2.46. The van der Waals surface area contributed by atoms with E-state index in [0.29, 0.717) is 18.0 Å². The Bertz CT molecular complexity index is 954. The van der Waals surface area contributed by atoms with E-state index in [4.69, 9.17) is 4.74 Å². The zero-order chi connectivity index (χ0) is 23.2. The zero-order valence-corrected chi connectivity index (χ0v) is 20.1. The van der Waals surface area contributed by atoms with Crippen LogP contribution in [0.4, 0.5) is 5.69 Å². The third kappa shape index (κ3) is 6.72. The molecular weight excluding hydrogens is 412 g/mol. The molecule has 0 aliphatic heterocycles. The molecule has 0 fully saturated rings. The molecule has 0 saturated heterocycles. The van der Waals surface area contributed by atoms with Gasteiger partial charge in [-0.15, -0.1) is 0 Å². The Kier molecular flexibility index (Phi) is 8.51. The molecular formula is C24H34N2O4S. The molecule has 0 saturated carbocycles. The van der Waals surface area contributed by atoms with Crippen LogP contribution < -0.4 is 14.4 Å². The first-order valence-corrected chi connectivity index (χ1v) is 12.4. The van der Waals surface area contributed by atoms with Crippen molar-refractivity contribution in [2.24, 2.45) is 5.92 Å². The number of methoxy groups -OCH3 is 1. The van der Waals surface area contributed by atoms with Gasteiger partial charge in [-0.1, -0.05) is 50.6 Å². The second-order valence-electron chi connectivity index (χ2n) is 8.28. The Morgan fingerprint density at radius 1 is 1.06 bits per heavy atom. The summed E-state index contributed by atoms with van der Waals surface area (Å²) in [6, 6.07) is 13.7. The van der Waals surface area contributed by atoms with Crippen LogP contribution in [0.1, 0.15) is 50.8 Å². The Hall–Kier alpha value is -2.54. The van der Waals surface area contributed by atoms with E-state index in [0.717, 1.165) is 29.6 Å². The SMILES string of the molecule is CC[C@@H](C(=O)N[C@@H](CC(C)C)c1ccc(OC)cc1)N(c1ccc(C)cc1)S(C)(=O)=O. The summed E-state index contributed by atoms with van der Waals surface area (Å²) in [5, 5.41) is 3.10. The minimum Gasteiger partial charge on any atom is -0.497 e. The van der Waals surface area contributed by atoms with Gasteiger partial charge in [-0.2, -0.15) is 0 Å². The van der Waals surface area contributed by atoms with Crippen molar-refractivity contribution in [1.29, 1.82) is 0 Å². The van der Waals surface area contributed by atoms with Gasteiger partial charge in [-0.3, -0.25) is 9.10 Å². The molecule has 7 heteroatoms. The average molecular weight is 447 g/mol. The van der Waals surface area contributed by atoms with E-state index >= 15 is 0 Å². The lowest BCUT2D eigenvalue weighted by Gasteiger charge is -2.32. The summed E-state index contributed by atoms with van der Waals surface area (Å²) < 4.78 is 31.8. The van der Waals surface area contributed by atoms with Gasteiger partial charge >= 0.3 is 0 Å². The first kappa shape index (κ1) is 24.7. The largest absolute Gasteiger partial charge is 0.497 e. The lowest BCUT2D eigenvalue weighted by atomic mass is 9.96. The van der Waals surface area contributed by atoms with Crippen LogP contribution in [0.25, 0.3) is 0 Å². The highest BCUT2D eigenvalue weighted by molar-refractivity contribution is 7.92. The number of amides is 1. The molecule has 0 aromatic heterocycles. The van der Waals surface area contributed by atoms with Crippen molar-refractivity contribution >= 4 is 21.6 Å². The maximum Gasteiger partial charge on any atom is 0.244 e. The zero-order valence-electron chi connectivity index (χ0n) is 19.3. The van der Waals surface area contributed by atoms with Crippen LogP contribution in [0.15, 0.2) is 48.5 Å². The second kappa shape index (κ2) is 10.7. The van der Waals surface area contributed by atoms with Crippen molar-refractivity contribution in [2.75, 3.05) is 17.7 Å². The summed E-state index contributed by atoms with van der Waals surface area (Å²) in [6.07, 6.45) is 2.22. The van der Waals surface area contributed by atoms with Crippen LogP contribution in [0, 0.1) is 12.8 Å². The van der Waals surface area contributed by atoms with Gasteiger partial charge < -0.3 is 10.1 Å². The molecule has 170 valence electrons. The molecule has 0 aliphatic carbocycles. The molecule has 1 N–H and O–H groups in total. The molecule has 0 heterocycles. The second-order valence-corrected chi connectivity index (χ2v) is 10.1. The average Bonchev–Trinajstić information content (AvgIpc) is 2.71. The number of carbonyl (C=O) groups excluding carboxylic acids is 1. The number of hydrogen-bond donors (Lipinski definition) is 1. The standard InChI is InChI=1S/C24H34N2O4S/c1-7-23(26(31(6,28)29)20-12-8-18(4)9-13-20)24(27)25-22(16-17(2)3)19-10-14-21(30-5)15-11-19/h8-15,17,22-23H,7,16H2,1-6H3,(H,25,27)/t22-,23-/m0/s1. The Morgan fingerprint density at radius 2 is 1.65 bits per heavy atom. The van der Waals surface area contributed by atoms with Crippen LogP contribution >= 0.6 is 0 Å². The predicted molar refractivity (Wildman–Crippen MR) is 126 cm³/mol. The molecule has 6 nitrogen and oxygen atoms in total. The molecule has 0 bridgehead atoms. The summed E-state index contributed by atoms with van der Waals surface area (Å²) in [4.78, 5) is 13.3. The van der Waals surface area contributed by atoms with E-state index in [1.54, 1.807) is 19.2 Å². The maximum absolute atomic E-state index is 13.3. The number of nitrogens with zero attached hydrogens (tertiary/aromatic N) is 1. The normalized spacial score (nSPS) is 13.5. The molecule has 2 aromatic rings. The van der Waals surface area contributed by atoms with E-state index in [1.807, 2.05) is 50.2 Å². The number of carbonyl (C=O) groups is 1. The Balaban J connectivity index is 2.36. The van der Waals surface area contributed by atoms with Gasteiger partial charge in [-0.25, -0.2) is 8.42 Å². The summed E-state index contributed by atoms with van der Waals surface area (Å²) in [6.45, 7) is 7.94. The third-order valence-electron chi connectivity index (χ3n) is 5.16. The van der Waals surface area contributed by atoms with Crippen molar-refractivity contribution in [3.05, 3.63) is 59.7 Å². The lowest BCUT2D eigenvalue weighted by molar-refractivity contribution is -0.123. The minimum absolute atomic E-state index is 0.230. The molecule has 31 heavy (non-hydrogen) atoms. The van der Waals surface area contributed by atoms with Gasteiger partial charge in [0.05, 0.1) is 25.1 Å². The first-order valence-electron chi connectivity index (χ1n) is 10.6. The van der Waals surface area contributed by atoms with Gasteiger partial charge in [-0.05, 0) is 55.5 Å². The molecule has 0 aliphatic rings. The fourth-order valence-electron chi connectivity index (χ4n) is 3.61. The Morgan fingerprint density at radius 3 is 2.10 bits per heavy atom. The molecule has 2 aromatic carbocycles. The lowest BCUT2D eigenvalue weighted by Crippen LogP contribution is -2.50. The number of anilines is 1. The number of rotatable bonds is 10. The van der Waals surface area contributed by atoms with E-state index < -0.39 is 16.1 Å². The van der Waals surface area contributed by atoms with E-state index in [2.05, 4.69) is 19.2 Å². The monoisotopic (exact) mass is 446 g/mol. The number of benzene rings is 2. The molecule has 2 rings (SSSR count). The van der Waals surface area contributed by atoms with Crippen molar-refractivity contribution in [1.82, 2.24) is 5.32 Å². The van der Waals surface area contributed by atoms with Crippen LogP contribution in [-0.2, 0) is 14.8 Å². The van der Waals surface area contributed by atoms with Crippen LogP contribution in [-0.4, -0.2) is 33.7 Å². The van der Waals surface area contributed by atoms with Gasteiger partial charge in [0, 0.05) is 0 Å². The number of ether oxygens (including phenoxy) is 1. The van der Waals surface area contributed by atoms with Crippen molar-refractivity contribution in [3.8, 4) is 5.75 Å². The van der Waals surface area contributed by atoms with Gasteiger partial charge in [0.2, 0.25) is 15.9 Å². The quantitative estimate of drug-likeness (QED) is 0.585. The number of hydrogen-bond acceptors (Lipinski definition) is 4. The van der Waals surface area contributed by atoms with Gasteiger partial charge in [0.15, 0.2) is 0 Å². The Labute approximate surface area is 186 Å². The summed E-state index contributed by atoms with van der Waals surface area (Å²) in [5.74, 6) is 0.776. The highest BCUT2D eigenvalue weighted by atomic mass is 32.2. The third-order valence-corrected chi connectivity index (χ3v) is 6.34. The van der Waals surface area contributed by atoms with E-state index in [1.165, 1.54) is 4.31 Å².